The van der Waals surface area contributed by atoms with Gasteiger partial charge in [-0.2, -0.15) is 0 Å². The molecule has 7 nitrogen and oxygen atoms in total. The van der Waals surface area contributed by atoms with Gasteiger partial charge in [-0.15, -0.1) is 0 Å². The van der Waals surface area contributed by atoms with E-state index in [9.17, 15) is 9.59 Å². The molecule has 0 spiro atoms. The number of thioether (sulfide) groups is 1. The van der Waals surface area contributed by atoms with Crippen molar-refractivity contribution >= 4 is 23.7 Å². The van der Waals surface area contributed by atoms with Gasteiger partial charge in [0, 0.05) is 18.3 Å². The molecule has 150 valence electrons. The van der Waals surface area contributed by atoms with E-state index in [1.807, 2.05) is 32.0 Å². The zero-order valence-electron chi connectivity index (χ0n) is 16.3. The highest BCUT2D eigenvalue weighted by Crippen LogP contribution is 2.39. The summed E-state index contributed by atoms with van der Waals surface area (Å²) >= 11 is 1.21. The third-order valence-electron chi connectivity index (χ3n) is 3.85. The van der Waals surface area contributed by atoms with E-state index in [2.05, 4.69) is 15.0 Å². The van der Waals surface area contributed by atoms with Crippen LogP contribution >= 0.6 is 11.8 Å². The summed E-state index contributed by atoms with van der Waals surface area (Å²) in [5.41, 5.74) is 1.45. The van der Waals surface area contributed by atoms with Gasteiger partial charge in [0.2, 0.25) is 0 Å². The summed E-state index contributed by atoms with van der Waals surface area (Å²) in [6.07, 6.45) is 4.05. The number of carbonyl (C=O) groups is 2. The first-order valence-electron chi connectivity index (χ1n) is 9.37. The van der Waals surface area contributed by atoms with Gasteiger partial charge in [-0.3, -0.25) is 14.6 Å². The lowest BCUT2D eigenvalue weighted by Crippen LogP contribution is -2.13. The highest BCUT2D eigenvalue weighted by molar-refractivity contribution is 7.99. The minimum Gasteiger partial charge on any atom is -0.466 e. The fourth-order valence-corrected chi connectivity index (χ4v) is 3.03. The van der Waals surface area contributed by atoms with Gasteiger partial charge in [0.05, 0.1) is 36.3 Å². The van der Waals surface area contributed by atoms with Crippen molar-refractivity contribution in [3.63, 3.8) is 0 Å². The van der Waals surface area contributed by atoms with Gasteiger partial charge < -0.3 is 9.47 Å². The number of pyridine rings is 1. The Morgan fingerprint density at radius 2 is 1.93 bits per heavy atom. The Morgan fingerprint density at radius 3 is 2.64 bits per heavy atom. The molecule has 2 atom stereocenters. The molecule has 0 amide bonds. The number of aromatic nitrogens is 3. The number of esters is 2. The molecule has 2 aromatic rings. The smallest absolute Gasteiger partial charge is 0.316 e. The number of nitrogens with zero attached hydrogens (tertiary/aromatic N) is 3. The van der Waals surface area contributed by atoms with E-state index >= 15 is 0 Å². The Morgan fingerprint density at radius 1 is 1.11 bits per heavy atom. The maximum atomic E-state index is 11.9. The first-order valence-corrected chi connectivity index (χ1v) is 10.4. The topological polar surface area (TPSA) is 91.3 Å². The van der Waals surface area contributed by atoms with E-state index in [-0.39, 0.29) is 36.1 Å². The standard InChI is InChI=1S/C18H19N3O4S.C2H6/c1-2-24-17(23)13-9-12(13)10-25-16(22)11-26-18-20-8-6-15(21-18)14-5-3-4-7-19-14;1-2/h3-8,12-13H,2,9-11H2,1H3;1-2H3. The van der Waals surface area contributed by atoms with Crippen LogP contribution in [-0.4, -0.2) is 45.9 Å². The van der Waals surface area contributed by atoms with Gasteiger partial charge >= 0.3 is 11.9 Å². The molecular formula is C20H25N3O4S. The molecule has 1 fully saturated rings. The predicted molar refractivity (Wildman–Crippen MR) is 107 cm³/mol. The highest BCUT2D eigenvalue weighted by atomic mass is 32.2. The molecule has 0 saturated heterocycles. The predicted octanol–water partition coefficient (Wildman–Crippen LogP) is 3.40. The zero-order valence-corrected chi connectivity index (χ0v) is 17.1. The Labute approximate surface area is 169 Å². The maximum Gasteiger partial charge on any atom is 0.316 e. The second kappa shape index (κ2) is 11.4. The molecule has 2 unspecified atom stereocenters. The molecule has 1 saturated carbocycles. The molecule has 8 heteroatoms. The number of ether oxygens (including phenoxy) is 2. The van der Waals surface area contributed by atoms with Crippen LogP contribution in [0, 0.1) is 11.8 Å². The van der Waals surface area contributed by atoms with Crippen molar-refractivity contribution in [1.82, 2.24) is 15.0 Å². The van der Waals surface area contributed by atoms with Gasteiger partial charge in [-0.05, 0) is 31.5 Å². The van der Waals surface area contributed by atoms with Crippen LogP contribution in [0.2, 0.25) is 0 Å². The van der Waals surface area contributed by atoms with Gasteiger partial charge in [-0.1, -0.05) is 31.7 Å². The summed E-state index contributed by atoms with van der Waals surface area (Å²) in [6, 6.07) is 7.35. The van der Waals surface area contributed by atoms with Crippen molar-refractivity contribution in [3.05, 3.63) is 36.7 Å². The van der Waals surface area contributed by atoms with Crippen molar-refractivity contribution in [2.24, 2.45) is 11.8 Å². The van der Waals surface area contributed by atoms with Crippen molar-refractivity contribution in [3.8, 4) is 11.4 Å². The number of hydrogen-bond acceptors (Lipinski definition) is 8. The molecule has 0 N–H and O–H groups in total. The molecule has 2 aromatic heterocycles. The quantitative estimate of drug-likeness (QED) is 0.376. The summed E-state index contributed by atoms with van der Waals surface area (Å²) in [5, 5.41) is 0.487. The van der Waals surface area contributed by atoms with Crippen molar-refractivity contribution in [1.29, 1.82) is 0 Å². The third kappa shape index (κ3) is 6.60. The molecule has 0 bridgehead atoms. The first kappa shape index (κ1) is 21.8. The van der Waals surface area contributed by atoms with Gasteiger partial charge in [-0.25, -0.2) is 9.97 Å². The van der Waals surface area contributed by atoms with Crippen molar-refractivity contribution in [2.45, 2.75) is 32.3 Å². The lowest BCUT2D eigenvalue weighted by atomic mass is 10.3. The number of rotatable bonds is 8. The van der Waals surface area contributed by atoms with Crippen LogP contribution in [0.3, 0.4) is 0 Å². The lowest BCUT2D eigenvalue weighted by Gasteiger charge is -2.05. The second-order valence-electron chi connectivity index (χ2n) is 5.77. The SMILES string of the molecule is CC.CCOC(=O)C1CC1COC(=O)CSc1nccc(-c2ccccn2)n1. The van der Waals surface area contributed by atoms with Gasteiger partial charge in [0.25, 0.3) is 0 Å². The molecular weight excluding hydrogens is 378 g/mol. The van der Waals surface area contributed by atoms with Crippen LogP contribution in [0.15, 0.2) is 41.8 Å². The molecule has 0 radical (unpaired) electrons. The minimum absolute atomic E-state index is 0.0757. The van der Waals surface area contributed by atoms with E-state index in [0.717, 1.165) is 5.69 Å². The molecule has 2 heterocycles. The minimum atomic E-state index is -0.351. The fraction of sp³-hybridized carbons (Fsp3) is 0.450. The Hall–Kier alpha value is -2.48. The molecule has 0 aromatic carbocycles. The van der Waals surface area contributed by atoms with E-state index in [4.69, 9.17) is 9.47 Å². The largest absolute Gasteiger partial charge is 0.466 e. The summed E-state index contributed by atoms with van der Waals surface area (Å²) < 4.78 is 10.2. The van der Waals surface area contributed by atoms with E-state index in [1.165, 1.54) is 11.8 Å². The monoisotopic (exact) mass is 403 g/mol. The molecule has 3 rings (SSSR count). The van der Waals surface area contributed by atoms with E-state index in [0.29, 0.717) is 23.9 Å². The molecule has 1 aliphatic rings. The molecule has 1 aliphatic carbocycles. The lowest BCUT2D eigenvalue weighted by molar-refractivity contribution is -0.147. The van der Waals surface area contributed by atoms with Crippen LogP contribution in [0.5, 0.6) is 0 Å². The average Bonchev–Trinajstić information content (AvgIpc) is 3.53. The summed E-state index contributed by atoms with van der Waals surface area (Å²) in [4.78, 5) is 36.2. The molecule has 28 heavy (non-hydrogen) atoms. The maximum absolute atomic E-state index is 11.9. The Balaban J connectivity index is 0.00000136. The van der Waals surface area contributed by atoms with E-state index in [1.54, 1.807) is 25.4 Å². The summed E-state index contributed by atoms with van der Waals surface area (Å²) in [6.45, 7) is 6.39. The Bertz CT molecular complexity index is 773. The van der Waals surface area contributed by atoms with Crippen LogP contribution in [0.25, 0.3) is 11.4 Å². The van der Waals surface area contributed by atoms with E-state index < -0.39 is 0 Å². The number of carbonyl (C=O) groups excluding carboxylic acids is 2. The second-order valence-corrected chi connectivity index (χ2v) is 6.71. The Kier molecular flexibility index (Phi) is 8.87. The number of hydrogen-bond donors (Lipinski definition) is 0. The van der Waals surface area contributed by atoms with Crippen molar-refractivity contribution in [2.75, 3.05) is 19.0 Å². The van der Waals surface area contributed by atoms with Crippen LogP contribution in [-0.2, 0) is 19.1 Å². The van der Waals surface area contributed by atoms with Crippen molar-refractivity contribution < 1.29 is 19.1 Å². The summed E-state index contributed by atoms with van der Waals surface area (Å²) in [7, 11) is 0. The van der Waals surface area contributed by atoms with Gasteiger partial charge in [0.15, 0.2) is 5.16 Å². The molecule has 0 aliphatic heterocycles. The summed E-state index contributed by atoms with van der Waals surface area (Å²) in [5.74, 6) is -0.498. The van der Waals surface area contributed by atoms with Gasteiger partial charge in [0.1, 0.15) is 0 Å². The van der Waals surface area contributed by atoms with Crippen LogP contribution in [0.1, 0.15) is 27.2 Å². The van der Waals surface area contributed by atoms with Crippen LogP contribution < -0.4 is 0 Å². The average molecular weight is 404 g/mol. The normalized spacial score (nSPS) is 17.1. The fourth-order valence-electron chi connectivity index (χ4n) is 2.40. The third-order valence-corrected chi connectivity index (χ3v) is 4.69. The first-order chi connectivity index (χ1) is 13.7. The zero-order chi connectivity index (χ0) is 20.4. The highest BCUT2D eigenvalue weighted by Gasteiger charge is 2.44. The van der Waals surface area contributed by atoms with Crippen LogP contribution in [0.4, 0.5) is 0 Å².